The summed E-state index contributed by atoms with van der Waals surface area (Å²) in [6.07, 6.45) is 0.575. The van der Waals surface area contributed by atoms with Crippen LogP contribution in [-0.4, -0.2) is 53.5 Å². The van der Waals surface area contributed by atoms with E-state index in [-0.39, 0.29) is 16.3 Å². The Bertz CT molecular complexity index is 901. The summed E-state index contributed by atoms with van der Waals surface area (Å²) in [5.41, 5.74) is 1.11. The lowest BCUT2D eigenvalue weighted by Gasteiger charge is -2.12. The van der Waals surface area contributed by atoms with Crippen LogP contribution >= 0.6 is 11.6 Å². The van der Waals surface area contributed by atoms with Gasteiger partial charge in [-0.15, -0.1) is 0 Å². The second-order valence-corrected chi connectivity index (χ2v) is 6.47. The number of esters is 1. The number of nitrogens with one attached hydrogen (secondary N) is 1. The quantitative estimate of drug-likeness (QED) is 0.571. The maximum absolute atomic E-state index is 12.2. The maximum atomic E-state index is 12.2. The number of amides is 1. The van der Waals surface area contributed by atoms with Crippen molar-refractivity contribution in [2.75, 3.05) is 41.6 Å². The smallest absolute Gasteiger partial charge is 0.338 e. The number of hydrogen-bond donors (Lipinski definition) is 1. The van der Waals surface area contributed by atoms with Crippen molar-refractivity contribution in [1.29, 1.82) is 0 Å². The fraction of sp³-hybridized carbons (Fsp3) is 0.333. The van der Waals surface area contributed by atoms with Gasteiger partial charge in [0.25, 0.3) is 5.91 Å². The van der Waals surface area contributed by atoms with E-state index < -0.39 is 18.5 Å². The Kier molecular flexibility index (Phi) is 8.61. The molecule has 0 bridgehead atoms. The van der Waals surface area contributed by atoms with Gasteiger partial charge >= 0.3 is 5.97 Å². The largest absolute Gasteiger partial charge is 0.493 e. The standard InChI is InChI=1S/C21H24ClNO7/c1-26-16-6-5-13(9-17(16)27-2)7-8-23-19(24)12-30-21(25)14-10-15(22)20(29-4)18(11-14)28-3/h5-6,9-11H,7-8,12H2,1-4H3,(H,23,24). The lowest BCUT2D eigenvalue weighted by atomic mass is 10.1. The van der Waals surface area contributed by atoms with Gasteiger partial charge in [-0.3, -0.25) is 4.79 Å². The van der Waals surface area contributed by atoms with Gasteiger partial charge in [0.15, 0.2) is 29.6 Å². The van der Waals surface area contributed by atoms with Crippen molar-refractivity contribution in [2.24, 2.45) is 0 Å². The summed E-state index contributed by atoms with van der Waals surface area (Å²) in [5, 5.41) is 2.89. The molecule has 0 aliphatic heterocycles. The van der Waals surface area contributed by atoms with Crippen LogP contribution in [0.4, 0.5) is 0 Å². The number of carbonyl (C=O) groups excluding carboxylic acids is 2. The SMILES string of the molecule is COc1ccc(CCNC(=O)COC(=O)c2cc(Cl)c(OC)c(OC)c2)cc1OC. The summed E-state index contributed by atoms with van der Waals surface area (Å²) in [6, 6.07) is 8.34. The fourth-order valence-electron chi connectivity index (χ4n) is 2.68. The fourth-order valence-corrected chi connectivity index (χ4v) is 2.97. The average molecular weight is 438 g/mol. The van der Waals surface area contributed by atoms with Crippen molar-refractivity contribution < 1.29 is 33.3 Å². The third kappa shape index (κ3) is 5.93. The number of ether oxygens (including phenoxy) is 5. The molecule has 8 nitrogen and oxygen atoms in total. The van der Waals surface area contributed by atoms with Gasteiger partial charge in [0.1, 0.15) is 0 Å². The highest BCUT2D eigenvalue weighted by Gasteiger charge is 2.17. The number of methoxy groups -OCH3 is 4. The van der Waals surface area contributed by atoms with Crippen LogP contribution in [0.25, 0.3) is 0 Å². The molecule has 1 amide bonds. The van der Waals surface area contributed by atoms with Crippen molar-refractivity contribution in [2.45, 2.75) is 6.42 Å². The molecule has 0 unspecified atom stereocenters. The van der Waals surface area contributed by atoms with Gasteiger partial charge in [-0.05, 0) is 36.2 Å². The van der Waals surface area contributed by atoms with E-state index in [1.54, 1.807) is 20.3 Å². The lowest BCUT2D eigenvalue weighted by Crippen LogP contribution is -2.30. The number of rotatable bonds is 10. The molecule has 0 heterocycles. The minimum absolute atomic E-state index is 0.149. The summed E-state index contributed by atoms with van der Waals surface area (Å²) in [6.45, 7) is -0.0508. The summed E-state index contributed by atoms with van der Waals surface area (Å²) < 4.78 is 25.8. The molecule has 0 radical (unpaired) electrons. The van der Waals surface area contributed by atoms with Crippen LogP contribution in [0.2, 0.25) is 5.02 Å². The Morgan fingerprint density at radius 2 is 1.60 bits per heavy atom. The Balaban J connectivity index is 1.85. The summed E-state index contributed by atoms with van der Waals surface area (Å²) in [7, 11) is 5.99. The van der Waals surface area contributed by atoms with Gasteiger partial charge < -0.3 is 29.0 Å². The summed E-state index contributed by atoms with van der Waals surface area (Å²) >= 11 is 6.08. The van der Waals surface area contributed by atoms with E-state index in [9.17, 15) is 9.59 Å². The highest BCUT2D eigenvalue weighted by molar-refractivity contribution is 6.32. The van der Waals surface area contributed by atoms with Crippen LogP contribution in [0.5, 0.6) is 23.0 Å². The summed E-state index contributed by atoms with van der Waals surface area (Å²) in [5.74, 6) is 0.722. The number of benzene rings is 2. The van der Waals surface area contributed by atoms with E-state index >= 15 is 0 Å². The molecule has 0 spiro atoms. The van der Waals surface area contributed by atoms with Gasteiger partial charge in [-0.25, -0.2) is 4.79 Å². The zero-order valence-corrected chi connectivity index (χ0v) is 18.0. The third-order valence-electron chi connectivity index (χ3n) is 4.19. The van der Waals surface area contributed by atoms with Gasteiger partial charge in [0.05, 0.1) is 39.0 Å². The molecule has 0 saturated carbocycles. The topological polar surface area (TPSA) is 92.3 Å². The minimum Gasteiger partial charge on any atom is -0.493 e. The Morgan fingerprint density at radius 3 is 2.23 bits per heavy atom. The Labute approximate surface area is 180 Å². The van der Waals surface area contributed by atoms with E-state index in [2.05, 4.69) is 5.32 Å². The normalized spacial score (nSPS) is 10.2. The second kappa shape index (κ2) is 11.2. The molecule has 9 heteroatoms. The molecular formula is C21H24ClNO7. The molecule has 0 aliphatic carbocycles. The first kappa shape index (κ1) is 23.2. The Hall–Kier alpha value is -3.13. The van der Waals surface area contributed by atoms with Crippen LogP contribution in [0, 0.1) is 0 Å². The number of halogens is 1. The molecule has 2 aromatic carbocycles. The molecule has 2 rings (SSSR count). The van der Waals surface area contributed by atoms with Crippen molar-refractivity contribution in [3.63, 3.8) is 0 Å². The molecular weight excluding hydrogens is 414 g/mol. The first-order chi connectivity index (χ1) is 14.4. The maximum Gasteiger partial charge on any atom is 0.338 e. The molecule has 0 saturated heterocycles. The predicted octanol–water partition coefficient (Wildman–Crippen LogP) is 2.89. The van der Waals surface area contributed by atoms with Gasteiger partial charge in [0, 0.05) is 6.54 Å². The van der Waals surface area contributed by atoms with E-state index in [0.717, 1.165) is 5.56 Å². The van der Waals surface area contributed by atoms with Crippen LogP contribution in [-0.2, 0) is 16.0 Å². The van der Waals surface area contributed by atoms with E-state index in [1.165, 1.54) is 26.4 Å². The van der Waals surface area contributed by atoms with Gasteiger partial charge in [0.2, 0.25) is 0 Å². The van der Waals surface area contributed by atoms with Gasteiger partial charge in [-0.2, -0.15) is 0 Å². The molecule has 30 heavy (non-hydrogen) atoms. The van der Waals surface area contributed by atoms with E-state index in [0.29, 0.717) is 30.2 Å². The molecule has 2 aromatic rings. The number of hydrogen-bond acceptors (Lipinski definition) is 7. The van der Waals surface area contributed by atoms with E-state index in [4.69, 9.17) is 35.3 Å². The van der Waals surface area contributed by atoms with E-state index in [1.807, 2.05) is 12.1 Å². The van der Waals surface area contributed by atoms with Crippen LogP contribution < -0.4 is 24.3 Å². The molecule has 1 N–H and O–H groups in total. The molecule has 0 fully saturated rings. The zero-order valence-electron chi connectivity index (χ0n) is 17.2. The van der Waals surface area contributed by atoms with Crippen LogP contribution in [0.15, 0.2) is 30.3 Å². The summed E-state index contributed by atoms with van der Waals surface area (Å²) in [4.78, 5) is 24.2. The average Bonchev–Trinajstić information content (AvgIpc) is 2.76. The minimum atomic E-state index is -0.701. The number of carbonyl (C=O) groups is 2. The first-order valence-electron chi connectivity index (χ1n) is 8.99. The monoisotopic (exact) mass is 437 g/mol. The van der Waals surface area contributed by atoms with Crippen LogP contribution in [0.3, 0.4) is 0 Å². The zero-order chi connectivity index (χ0) is 22.1. The van der Waals surface area contributed by atoms with Crippen molar-refractivity contribution in [3.05, 3.63) is 46.5 Å². The predicted molar refractivity (Wildman–Crippen MR) is 111 cm³/mol. The first-order valence-corrected chi connectivity index (χ1v) is 9.37. The van der Waals surface area contributed by atoms with Crippen LogP contribution in [0.1, 0.15) is 15.9 Å². The van der Waals surface area contributed by atoms with Crippen molar-refractivity contribution >= 4 is 23.5 Å². The third-order valence-corrected chi connectivity index (χ3v) is 4.47. The molecule has 162 valence electrons. The Morgan fingerprint density at radius 1 is 0.900 bits per heavy atom. The highest BCUT2D eigenvalue weighted by atomic mass is 35.5. The molecule has 0 aliphatic rings. The lowest BCUT2D eigenvalue weighted by molar-refractivity contribution is -0.124. The van der Waals surface area contributed by atoms with Gasteiger partial charge in [-0.1, -0.05) is 17.7 Å². The highest BCUT2D eigenvalue weighted by Crippen LogP contribution is 2.36. The van der Waals surface area contributed by atoms with Crippen molar-refractivity contribution in [1.82, 2.24) is 5.32 Å². The van der Waals surface area contributed by atoms with Crippen molar-refractivity contribution in [3.8, 4) is 23.0 Å². The molecule has 0 aromatic heterocycles. The molecule has 0 atom stereocenters. The second-order valence-electron chi connectivity index (χ2n) is 6.06.